The van der Waals surface area contributed by atoms with Gasteiger partial charge in [-0.15, -0.1) is 11.3 Å². The van der Waals surface area contributed by atoms with Crippen molar-refractivity contribution in [3.8, 4) is 0 Å². The van der Waals surface area contributed by atoms with Gasteiger partial charge in [-0.25, -0.2) is 9.37 Å². The molecule has 0 atom stereocenters. The van der Waals surface area contributed by atoms with E-state index in [0.29, 0.717) is 5.69 Å². The monoisotopic (exact) mass is 240 g/mol. The SMILES string of the molecule is Cc1csc(Sc2ccc(F)cc2N)n1. The first-order chi connectivity index (χ1) is 7.15. The van der Waals surface area contributed by atoms with E-state index in [1.807, 2.05) is 12.3 Å². The van der Waals surface area contributed by atoms with Gasteiger partial charge in [0, 0.05) is 21.7 Å². The van der Waals surface area contributed by atoms with Crippen LogP contribution >= 0.6 is 23.1 Å². The Morgan fingerprint density at radius 1 is 1.47 bits per heavy atom. The van der Waals surface area contributed by atoms with Gasteiger partial charge >= 0.3 is 0 Å². The molecule has 0 aliphatic rings. The van der Waals surface area contributed by atoms with Gasteiger partial charge in [-0.2, -0.15) is 0 Å². The molecular weight excluding hydrogens is 231 g/mol. The molecule has 78 valence electrons. The maximum absolute atomic E-state index is 12.8. The molecule has 0 spiro atoms. The van der Waals surface area contributed by atoms with E-state index in [9.17, 15) is 4.39 Å². The van der Waals surface area contributed by atoms with Gasteiger partial charge in [-0.3, -0.25) is 0 Å². The van der Waals surface area contributed by atoms with Crippen molar-refractivity contribution in [2.75, 3.05) is 5.73 Å². The maximum Gasteiger partial charge on any atom is 0.154 e. The molecule has 2 aromatic rings. The van der Waals surface area contributed by atoms with E-state index < -0.39 is 0 Å². The van der Waals surface area contributed by atoms with Crippen LogP contribution in [0.25, 0.3) is 0 Å². The standard InChI is InChI=1S/C10H9FN2S2/c1-6-5-14-10(13-6)15-9-3-2-7(11)4-8(9)12/h2-5H,12H2,1H3. The first-order valence-electron chi connectivity index (χ1n) is 4.30. The summed E-state index contributed by atoms with van der Waals surface area (Å²) in [5, 5.41) is 1.97. The van der Waals surface area contributed by atoms with Crippen LogP contribution in [-0.2, 0) is 0 Å². The van der Waals surface area contributed by atoms with Gasteiger partial charge < -0.3 is 5.73 Å². The van der Waals surface area contributed by atoms with E-state index in [-0.39, 0.29) is 5.82 Å². The van der Waals surface area contributed by atoms with Crippen LogP contribution in [0.4, 0.5) is 10.1 Å². The molecule has 1 aromatic carbocycles. The molecule has 0 unspecified atom stereocenters. The first-order valence-corrected chi connectivity index (χ1v) is 6.00. The molecule has 1 heterocycles. The molecule has 0 aliphatic carbocycles. The number of halogens is 1. The minimum atomic E-state index is -0.313. The number of hydrogen-bond acceptors (Lipinski definition) is 4. The Hall–Kier alpha value is -1.07. The molecule has 2 nitrogen and oxygen atoms in total. The Labute approximate surface area is 95.3 Å². The largest absolute Gasteiger partial charge is 0.398 e. The highest BCUT2D eigenvalue weighted by atomic mass is 32.2. The van der Waals surface area contributed by atoms with Crippen LogP contribution in [0.1, 0.15) is 5.69 Å². The summed E-state index contributed by atoms with van der Waals surface area (Å²) in [6, 6.07) is 4.40. The molecule has 2 rings (SSSR count). The molecule has 5 heteroatoms. The van der Waals surface area contributed by atoms with Crippen LogP contribution < -0.4 is 5.73 Å². The highest BCUT2D eigenvalue weighted by molar-refractivity contribution is 8.01. The van der Waals surface area contributed by atoms with Crippen molar-refractivity contribution in [2.24, 2.45) is 0 Å². The van der Waals surface area contributed by atoms with Crippen molar-refractivity contribution in [3.05, 3.63) is 35.1 Å². The lowest BCUT2D eigenvalue weighted by Gasteiger charge is -2.02. The lowest BCUT2D eigenvalue weighted by Crippen LogP contribution is -1.89. The van der Waals surface area contributed by atoms with Crippen molar-refractivity contribution in [2.45, 2.75) is 16.2 Å². The van der Waals surface area contributed by atoms with E-state index >= 15 is 0 Å². The smallest absolute Gasteiger partial charge is 0.154 e. The summed E-state index contributed by atoms with van der Waals surface area (Å²) in [4.78, 5) is 5.14. The molecular formula is C10H9FN2S2. The molecule has 0 saturated heterocycles. The number of thiazole rings is 1. The van der Waals surface area contributed by atoms with Crippen molar-refractivity contribution in [1.29, 1.82) is 0 Å². The quantitative estimate of drug-likeness (QED) is 0.818. The summed E-state index contributed by atoms with van der Waals surface area (Å²) in [6.45, 7) is 1.94. The molecule has 15 heavy (non-hydrogen) atoms. The van der Waals surface area contributed by atoms with Gasteiger partial charge in [0.05, 0.1) is 0 Å². The zero-order chi connectivity index (χ0) is 10.8. The van der Waals surface area contributed by atoms with Crippen LogP contribution in [0.15, 0.2) is 32.8 Å². The van der Waals surface area contributed by atoms with Crippen LogP contribution in [0.2, 0.25) is 0 Å². The lowest BCUT2D eigenvalue weighted by atomic mass is 10.3. The molecule has 0 aliphatic heterocycles. The van der Waals surface area contributed by atoms with Gasteiger partial charge in [0.25, 0.3) is 0 Å². The van der Waals surface area contributed by atoms with Crippen molar-refractivity contribution < 1.29 is 4.39 Å². The third kappa shape index (κ3) is 2.49. The summed E-state index contributed by atoms with van der Waals surface area (Å²) in [6.07, 6.45) is 0. The van der Waals surface area contributed by atoms with Crippen LogP contribution in [0.5, 0.6) is 0 Å². The maximum atomic E-state index is 12.8. The lowest BCUT2D eigenvalue weighted by molar-refractivity contribution is 0.627. The van der Waals surface area contributed by atoms with Gasteiger partial charge in [-0.05, 0) is 25.1 Å². The minimum absolute atomic E-state index is 0.313. The predicted octanol–water partition coefficient (Wildman–Crippen LogP) is 3.32. The van der Waals surface area contributed by atoms with Gasteiger partial charge in [-0.1, -0.05) is 11.8 Å². The molecule has 1 aromatic heterocycles. The highest BCUT2D eigenvalue weighted by Gasteiger charge is 2.05. The second kappa shape index (κ2) is 4.20. The fraction of sp³-hybridized carbons (Fsp3) is 0.100. The Morgan fingerprint density at radius 3 is 2.87 bits per heavy atom. The normalized spacial score (nSPS) is 10.5. The third-order valence-corrected chi connectivity index (χ3v) is 3.92. The van der Waals surface area contributed by atoms with Gasteiger partial charge in [0.15, 0.2) is 4.34 Å². The summed E-state index contributed by atoms with van der Waals surface area (Å²) in [5.74, 6) is -0.313. The second-order valence-electron chi connectivity index (χ2n) is 3.04. The average molecular weight is 240 g/mol. The number of hydrogen-bond donors (Lipinski definition) is 1. The van der Waals surface area contributed by atoms with E-state index in [0.717, 1.165) is 14.9 Å². The molecule has 0 fully saturated rings. The number of nitrogens with zero attached hydrogens (tertiary/aromatic N) is 1. The molecule has 0 radical (unpaired) electrons. The highest BCUT2D eigenvalue weighted by Crippen LogP contribution is 2.33. The van der Waals surface area contributed by atoms with E-state index in [4.69, 9.17) is 5.73 Å². The Kier molecular flexibility index (Phi) is 2.93. The Morgan fingerprint density at radius 2 is 2.27 bits per heavy atom. The van der Waals surface area contributed by atoms with Crippen molar-refractivity contribution >= 4 is 28.8 Å². The first kappa shape index (κ1) is 10.4. The zero-order valence-electron chi connectivity index (χ0n) is 8.03. The molecule has 0 amide bonds. The molecule has 0 bridgehead atoms. The number of aryl methyl sites for hydroxylation is 1. The number of rotatable bonds is 2. The zero-order valence-corrected chi connectivity index (χ0v) is 9.66. The number of benzene rings is 1. The summed E-state index contributed by atoms with van der Waals surface area (Å²) in [5.41, 5.74) is 7.13. The van der Waals surface area contributed by atoms with E-state index in [2.05, 4.69) is 4.98 Å². The molecule has 2 N–H and O–H groups in total. The summed E-state index contributed by atoms with van der Waals surface area (Å²) >= 11 is 3.02. The van der Waals surface area contributed by atoms with Crippen LogP contribution in [0, 0.1) is 12.7 Å². The summed E-state index contributed by atoms with van der Waals surface area (Å²) < 4.78 is 13.7. The van der Waals surface area contributed by atoms with E-state index in [1.165, 1.54) is 23.9 Å². The minimum Gasteiger partial charge on any atom is -0.398 e. The molecule has 0 saturated carbocycles. The fourth-order valence-electron chi connectivity index (χ4n) is 1.09. The second-order valence-corrected chi connectivity index (χ2v) is 5.19. The van der Waals surface area contributed by atoms with Crippen molar-refractivity contribution in [3.63, 3.8) is 0 Å². The Bertz CT molecular complexity index is 482. The number of nitrogen functional groups attached to an aromatic ring is 1. The number of anilines is 1. The number of aromatic nitrogens is 1. The topological polar surface area (TPSA) is 38.9 Å². The van der Waals surface area contributed by atoms with Crippen LogP contribution in [0.3, 0.4) is 0 Å². The fourth-order valence-corrected chi connectivity index (χ4v) is 2.90. The van der Waals surface area contributed by atoms with Crippen LogP contribution in [-0.4, -0.2) is 4.98 Å². The van der Waals surface area contributed by atoms with Gasteiger partial charge in [0.1, 0.15) is 5.82 Å². The van der Waals surface area contributed by atoms with Gasteiger partial charge in [0.2, 0.25) is 0 Å². The third-order valence-electron chi connectivity index (χ3n) is 1.77. The summed E-state index contributed by atoms with van der Waals surface area (Å²) in [7, 11) is 0. The van der Waals surface area contributed by atoms with E-state index in [1.54, 1.807) is 17.4 Å². The number of nitrogens with two attached hydrogens (primary N) is 1. The average Bonchev–Trinajstić information content (AvgIpc) is 2.56. The van der Waals surface area contributed by atoms with Crippen molar-refractivity contribution in [1.82, 2.24) is 4.98 Å². The Balaban J connectivity index is 2.24. The predicted molar refractivity (Wildman–Crippen MR) is 61.8 cm³/mol.